The Hall–Kier alpha value is -5.54. The standard InChI is InChI=1S/C47H35N3/c1-2-10-29(11-3-1)45-36-14-5-8-16-42(36)48-46(49-45)50-43-17-9-6-13-35(43)38-27-31(19-21-44(38)50)30-18-20-40-37(26-30)34-12-4-7-15-39(34)47(40)33-23-28-22-32(25-33)41(47)24-28/h1-21,26-28,32-33,41H,22-25H2. The third-order valence-electron chi connectivity index (χ3n) is 13.2. The van der Waals surface area contributed by atoms with Crippen molar-refractivity contribution in [2.45, 2.75) is 31.1 Å². The Morgan fingerprint density at radius 3 is 2.18 bits per heavy atom. The quantitative estimate of drug-likeness (QED) is 0.192. The normalized spacial score (nSPS) is 24.2. The molecule has 13 rings (SSSR count). The predicted molar refractivity (Wildman–Crippen MR) is 203 cm³/mol. The van der Waals surface area contributed by atoms with Crippen molar-refractivity contribution in [3.8, 4) is 39.5 Å². The minimum atomic E-state index is 0.220. The summed E-state index contributed by atoms with van der Waals surface area (Å²) in [6.07, 6.45) is 5.72. The molecule has 2 aromatic heterocycles. The monoisotopic (exact) mass is 641 g/mol. The zero-order valence-electron chi connectivity index (χ0n) is 27.8. The summed E-state index contributed by atoms with van der Waals surface area (Å²) in [7, 11) is 0. The molecule has 3 heteroatoms. The van der Waals surface area contributed by atoms with E-state index in [0.29, 0.717) is 5.95 Å². The number of benzene rings is 6. The Balaban J connectivity index is 1.04. The van der Waals surface area contributed by atoms with E-state index < -0.39 is 0 Å². The van der Waals surface area contributed by atoms with Crippen LogP contribution in [0.3, 0.4) is 0 Å². The molecular weight excluding hydrogens is 607 g/mol. The molecule has 2 heterocycles. The van der Waals surface area contributed by atoms with Crippen molar-refractivity contribution in [1.29, 1.82) is 0 Å². The van der Waals surface area contributed by atoms with Crippen molar-refractivity contribution < 1.29 is 0 Å². The maximum atomic E-state index is 5.27. The summed E-state index contributed by atoms with van der Waals surface area (Å²) in [4.78, 5) is 10.4. The number of hydrogen-bond acceptors (Lipinski definition) is 2. The smallest absolute Gasteiger partial charge is 0.235 e. The van der Waals surface area contributed by atoms with Crippen molar-refractivity contribution in [2.75, 3.05) is 0 Å². The average molecular weight is 642 g/mol. The van der Waals surface area contributed by atoms with Crippen molar-refractivity contribution in [3.05, 3.63) is 151 Å². The lowest BCUT2D eigenvalue weighted by molar-refractivity contribution is 0.191. The summed E-state index contributed by atoms with van der Waals surface area (Å²) in [5.41, 5.74) is 14.1. The highest BCUT2D eigenvalue weighted by atomic mass is 15.2. The highest BCUT2D eigenvalue weighted by molar-refractivity contribution is 6.10. The van der Waals surface area contributed by atoms with Gasteiger partial charge in [0.2, 0.25) is 5.95 Å². The van der Waals surface area contributed by atoms with Gasteiger partial charge in [-0.05, 0) is 113 Å². The molecule has 5 aliphatic carbocycles. The topological polar surface area (TPSA) is 30.7 Å². The first-order chi connectivity index (χ1) is 24.8. The largest absolute Gasteiger partial charge is 0.278 e. The maximum absolute atomic E-state index is 5.27. The molecule has 5 atom stereocenters. The molecule has 4 bridgehead atoms. The van der Waals surface area contributed by atoms with Crippen LogP contribution in [-0.2, 0) is 5.41 Å². The highest BCUT2D eigenvalue weighted by Gasteiger charge is 2.65. The molecular formula is C47H35N3. The molecule has 0 saturated heterocycles. The lowest BCUT2D eigenvalue weighted by Crippen LogP contribution is -2.40. The van der Waals surface area contributed by atoms with Crippen molar-refractivity contribution in [3.63, 3.8) is 0 Å². The lowest BCUT2D eigenvalue weighted by atomic mass is 9.59. The number of rotatable bonds is 3. The molecule has 6 aromatic carbocycles. The number of para-hydroxylation sites is 2. The highest BCUT2D eigenvalue weighted by Crippen LogP contribution is 2.72. The fourth-order valence-electron chi connectivity index (χ4n) is 11.5. The Labute approximate surface area is 291 Å². The fraction of sp³-hybridized carbons (Fsp3) is 0.191. The van der Waals surface area contributed by atoms with Crippen molar-refractivity contribution >= 4 is 32.7 Å². The minimum Gasteiger partial charge on any atom is -0.278 e. The summed E-state index contributed by atoms with van der Waals surface area (Å²) in [6, 6.07) is 51.4. The molecule has 5 unspecified atom stereocenters. The second kappa shape index (κ2) is 9.79. The Morgan fingerprint density at radius 1 is 0.520 bits per heavy atom. The minimum absolute atomic E-state index is 0.220. The average Bonchev–Trinajstić information content (AvgIpc) is 3.83. The molecule has 0 amide bonds. The van der Waals surface area contributed by atoms with Crippen LogP contribution in [-0.4, -0.2) is 14.5 Å². The first-order valence-corrected chi connectivity index (χ1v) is 18.4. The Morgan fingerprint density at radius 2 is 1.26 bits per heavy atom. The Kier molecular flexibility index (Phi) is 5.35. The van der Waals surface area contributed by atoms with Gasteiger partial charge < -0.3 is 0 Å². The molecule has 3 nitrogen and oxygen atoms in total. The van der Waals surface area contributed by atoms with Gasteiger partial charge in [0, 0.05) is 27.1 Å². The van der Waals surface area contributed by atoms with Gasteiger partial charge in [0.15, 0.2) is 0 Å². The summed E-state index contributed by atoms with van der Waals surface area (Å²) in [6.45, 7) is 0. The molecule has 5 aliphatic rings. The number of aromatic nitrogens is 3. The molecule has 50 heavy (non-hydrogen) atoms. The first kappa shape index (κ1) is 27.3. The van der Waals surface area contributed by atoms with E-state index in [1.807, 2.05) is 0 Å². The van der Waals surface area contributed by atoms with E-state index in [1.54, 1.807) is 11.1 Å². The third kappa shape index (κ3) is 3.45. The van der Waals surface area contributed by atoms with Gasteiger partial charge in [-0.25, -0.2) is 9.97 Å². The van der Waals surface area contributed by atoms with Crippen LogP contribution in [0.1, 0.15) is 36.8 Å². The molecule has 4 saturated carbocycles. The first-order valence-electron chi connectivity index (χ1n) is 18.4. The van der Waals surface area contributed by atoms with Crippen LogP contribution in [0, 0.1) is 23.7 Å². The number of hydrogen-bond donors (Lipinski definition) is 0. The number of fused-ring (bicyclic) bond motifs is 7. The molecule has 0 radical (unpaired) electrons. The van der Waals surface area contributed by atoms with Gasteiger partial charge in [-0.15, -0.1) is 0 Å². The van der Waals surface area contributed by atoms with Gasteiger partial charge in [-0.3, -0.25) is 4.57 Å². The summed E-state index contributed by atoms with van der Waals surface area (Å²) >= 11 is 0. The van der Waals surface area contributed by atoms with Gasteiger partial charge >= 0.3 is 0 Å². The molecule has 0 aliphatic heterocycles. The maximum Gasteiger partial charge on any atom is 0.235 e. The SMILES string of the molecule is c1ccc(-c2nc(-n3c4ccccc4c4cc(-c5ccc6c(c5)-c5ccccc5C65C6CC7CC(C6)C5C7)ccc43)nc3ccccc23)cc1. The van der Waals surface area contributed by atoms with Gasteiger partial charge in [0.1, 0.15) is 0 Å². The van der Waals surface area contributed by atoms with E-state index >= 15 is 0 Å². The van der Waals surface area contributed by atoms with Crippen molar-refractivity contribution in [2.24, 2.45) is 23.7 Å². The summed E-state index contributed by atoms with van der Waals surface area (Å²) in [5.74, 6) is 4.17. The molecule has 0 N–H and O–H groups in total. The second-order valence-electron chi connectivity index (χ2n) is 15.4. The Bertz CT molecular complexity index is 2700. The third-order valence-corrected chi connectivity index (χ3v) is 13.2. The van der Waals surface area contributed by atoms with Crippen LogP contribution in [0.25, 0.3) is 72.2 Å². The van der Waals surface area contributed by atoms with E-state index in [9.17, 15) is 0 Å². The van der Waals surface area contributed by atoms with E-state index in [0.717, 1.165) is 56.9 Å². The van der Waals surface area contributed by atoms with Crippen LogP contribution >= 0.6 is 0 Å². The molecule has 8 aromatic rings. The molecule has 4 fully saturated rings. The van der Waals surface area contributed by atoms with E-state index in [2.05, 4.69) is 144 Å². The lowest BCUT2D eigenvalue weighted by Gasteiger charge is -2.43. The summed E-state index contributed by atoms with van der Waals surface area (Å²) < 4.78 is 2.25. The van der Waals surface area contributed by atoms with Crippen LogP contribution in [0.5, 0.6) is 0 Å². The fourth-order valence-corrected chi connectivity index (χ4v) is 11.5. The zero-order valence-corrected chi connectivity index (χ0v) is 27.8. The van der Waals surface area contributed by atoms with Crippen LogP contribution in [0.4, 0.5) is 0 Å². The van der Waals surface area contributed by atoms with Gasteiger partial charge in [0.25, 0.3) is 0 Å². The second-order valence-corrected chi connectivity index (χ2v) is 15.4. The number of nitrogens with zero attached hydrogens (tertiary/aromatic N) is 3. The summed E-state index contributed by atoms with van der Waals surface area (Å²) in [5, 5.41) is 3.49. The van der Waals surface area contributed by atoms with E-state index in [-0.39, 0.29) is 5.41 Å². The molecule has 238 valence electrons. The zero-order chi connectivity index (χ0) is 32.6. The van der Waals surface area contributed by atoms with Crippen LogP contribution in [0.2, 0.25) is 0 Å². The van der Waals surface area contributed by atoms with Crippen LogP contribution in [0.15, 0.2) is 140 Å². The van der Waals surface area contributed by atoms with Gasteiger partial charge in [-0.1, -0.05) is 109 Å². The van der Waals surface area contributed by atoms with Crippen LogP contribution < -0.4 is 0 Å². The molecule has 1 spiro atoms. The van der Waals surface area contributed by atoms with Gasteiger partial charge in [0.05, 0.1) is 22.2 Å². The van der Waals surface area contributed by atoms with E-state index in [4.69, 9.17) is 9.97 Å². The predicted octanol–water partition coefficient (Wildman–Crippen LogP) is 11.4. The van der Waals surface area contributed by atoms with Gasteiger partial charge in [-0.2, -0.15) is 0 Å². The van der Waals surface area contributed by atoms with E-state index in [1.165, 1.54) is 58.7 Å². The van der Waals surface area contributed by atoms with Crippen molar-refractivity contribution in [1.82, 2.24) is 14.5 Å².